The molecule has 1 atom stereocenters. The van der Waals surface area contributed by atoms with Gasteiger partial charge in [0, 0.05) is 25.8 Å². The Kier molecular flexibility index (Phi) is 5.96. The van der Waals surface area contributed by atoms with Gasteiger partial charge in [-0.25, -0.2) is 9.78 Å². The van der Waals surface area contributed by atoms with E-state index in [2.05, 4.69) is 23.7 Å². The summed E-state index contributed by atoms with van der Waals surface area (Å²) in [7, 11) is 0. The Bertz CT molecular complexity index is 464. The second-order valence-electron chi connectivity index (χ2n) is 5.61. The summed E-state index contributed by atoms with van der Waals surface area (Å²) in [6, 6.07) is 3.17. The number of ether oxygens (including phenoxy) is 2. The number of nitrogens with zero attached hydrogens (tertiary/aromatic N) is 2. The van der Waals surface area contributed by atoms with Crippen LogP contribution in [-0.2, 0) is 9.47 Å². The lowest BCUT2D eigenvalue weighted by molar-refractivity contribution is -0.0613. The van der Waals surface area contributed by atoms with Crippen molar-refractivity contribution in [3.8, 4) is 0 Å². The van der Waals surface area contributed by atoms with E-state index in [1.54, 1.807) is 12.1 Å². The molecule has 0 amide bonds. The molecule has 6 heteroatoms. The molecule has 0 aromatic carbocycles. The van der Waals surface area contributed by atoms with Crippen molar-refractivity contribution >= 4 is 17.6 Å². The molecule has 1 fully saturated rings. The van der Waals surface area contributed by atoms with Crippen molar-refractivity contribution in [1.82, 2.24) is 9.88 Å². The summed E-state index contributed by atoms with van der Waals surface area (Å²) in [5, 5.41) is 0.492. The van der Waals surface area contributed by atoms with Crippen molar-refractivity contribution in [2.24, 2.45) is 5.92 Å². The van der Waals surface area contributed by atoms with Gasteiger partial charge in [0.1, 0.15) is 18.4 Å². The number of rotatable bonds is 5. The second kappa shape index (κ2) is 7.73. The number of hydrogen-bond acceptors (Lipinski definition) is 5. The molecule has 0 radical (unpaired) electrons. The molecule has 21 heavy (non-hydrogen) atoms. The average Bonchev–Trinajstić information content (AvgIpc) is 2.45. The fourth-order valence-electron chi connectivity index (χ4n) is 2.30. The lowest BCUT2D eigenvalue weighted by Crippen LogP contribution is -2.45. The van der Waals surface area contributed by atoms with Gasteiger partial charge in [0.15, 0.2) is 0 Å². The molecular weight excluding hydrogens is 292 g/mol. The van der Waals surface area contributed by atoms with Gasteiger partial charge in [0.05, 0.1) is 11.6 Å². The summed E-state index contributed by atoms with van der Waals surface area (Å²) in [6.07, 6.45) is 1.35. The lowest BCUT2D eigenvalue weighted by Gasteiger charge is -2.33. The predicted octanol–water partition coefficient (Wildman–Crippen LogP) is 2.25. The summed E-state index contributed by atoms with van der Waals surface area (Å²) in [5.41, 5.74) is 0.259. The zero-order chi connectivity index (χ0) is 15.2. The third-order valence-corrected chi connectivity index (χ3v) is 3.41. The molecule has 0 aliphatic carbocycles. The monoisotopic (exact) mass is 312 g/mol. The molecule has 1 saturated heterocycles. The molecule has 5 nitrogen and oxygen atoms in total. The third kappa shape index (κ3) is 5.26. The van der Waals surface area contributed by atoms with Gasteiger partial charge in [0.25, 0.3) is 0 Å². The number of esters is 1. The smallest absolute Gasteiger partial charge is 0.357 e. The van der Waals surface area contributed by atoms with Crippen LogP contribution in [0.15, 0.2) is 18.3 Å². The van der Waals surface area contributed by atoms with Crippen LogP contribution in [0, 0.1) is 5.92 Å². The molecule has 1 aromatic heterocycles. The van der Waals surface area contributed by atoms with Crippen LogP contribution in [0.4, 0.5) is 0 Å². The summed E-state index contributed by atoms with van der Waals surface area (Å²) in [4.78, 5) is 18.1. The van der Waals surface area contributed by atoms with E-state index in [4.69, 9.17) is 21.1 Å². The van der Waals surface area contributed by atoms with Gasteiger partial charge in [-0.15, -0.1) is 0 Å². The minimum absolute atomic E-state index is 0.0752. The summed E-state index contributed by atoms with van der Waals surface area (Å²) >= 11 is 5.73. The maximum Gasteiger partial charge on any atom is 0.357 e. The van der Waals surface area contributed by atoms with Crippen molar-refractivity contribution in [3.63, 3.8) is 0 Å². The Balaban J connectivity index is 1.79. The maximum atomic E-state index is 11.9. The highest BCUT2D eigenvalue weighted by Gasteiger charge is 2.22. The molecule has 1 aliphatic rings. The SMILES string of the molecule is CC(C)CN1CCO[C@@H](COC(=O)c2ccc(Cl)cn2)C1. The van der Waals surface area contributed by atoms with Gasteiger partial charge < -0.3 is 9.47 Å². The minimum atomic E-state index is -0.448. The van der Waals surface area contributed by atoms with Crippen LogP contribution < -0.4 is 0 Å². The number of hydrogen-bond donors (Lipinski definition) is 0. The van der Waals surface area contributed by atoms with Crippen molar-refractivity contribution < 1.29 is 14.3 Å². The molecular formula is C15H21ClN2O3. The predicted molar refractivity (Wildman–Crippen MR) is 80.5 cm³/mol. The van der Waals surface area contributed by atoms with E-state index in [-0.39, 0.29) is 18.4 Å². The van der Waals surface area contributed by atoms with Gasteiger partial charge in [-0.1, -0.05) is 25.4 Å². The van der Waals surface area contributed by atoms with Crippen LogP contribution in [0.5, 0.6) is 0 Å². The van der Waals surface area contributed by atoms with Crippen molar-refractivity contribution in [2.45, 2.75) is 20.0 Å². The Hall–Kier alpha value is -1.17. The Morgan fingerprint density at radius 2 is 2.38 bits per heavy atom. The maximum absolute atomic E-state index is 11.9. The Labute approximate surface area is 130 Å². The average molecular weight is 313 g/mol. The quantitative estimate of drug-likeness (QED) is 0.781. The highest BCUT2D eigenvalue weighted by atomic mass is 35.5. The van der Waals surface area contributed by atoms with Gasteiger partial charge >= 0.3 is 5.97 Å². The zero-order valence-electron chi connectivity index (χ0n) is 12.4. The first-order valence-corrected chi connectivity index (χ1v) is 7.55. The molecule has 0 N–H and O–H groups in total. The molecule has 0 unspecified atom stereocenters. The molecule has 116 valence electrons. The van der Waals surface area contributed by atoms with E-state index in [9.17, 15) is 4.79 Å². The minimum Gasteiger partial charge on any atom is -0.458 e. The van der Waals surface area contributed by atoms with Gasteiger partial charge in [-0.05, 0) is 18.1 Å². The first-order chi connectivity index (χ1) is 10.0. The fourth-order valence-corrected chi connectivity index (χ4v) is 2.41. The Morgan fingerprint density at radius 3 is 3.05 bits per heavy atom. The number of halogens is 1. The van der Waals surface area contributed by atoms with E-state index >= 15 is 0 Å². The van der Waals surface area contributed by atoms with Crippen LogP contribution in [0.1, 0.15) is 24.3 Å². The van der Waals surface area contributed by atoms with E-state index in [0.29, 0.717) is 17.5 Å². The number of aromatic nitrogens is 1. The van der Waals surface area contributed by atoms with Gasteiger partial charge in [-0.3, -0.25) is 4.90 Å². The largest absolute Gasteiger partial charge is 0.458 e. The molecule has 1 aliphatic heterocycles. The molecule has 0 saturated carbocycles. The van der Waals surface area contributed by atoms with E-state index < -0.39 is 5.97 Å². The summed E-state index contributed by atoms with van der Waals surface area (Å²) in [6.45, 7) is 8.06. The lowest BCUT2D eigenvalue weighted by atomic mass is 10.2. The fraction of sp³-hybridized carbons (Fsp3) is 0.600. The topological polar surface area (TPSA) is 51.7 Å². The summed E-state index contributed by atoms with van der Waals surface area (Å²) < 4.78 is 10.9. The third-order valence-electron chi connectivity index (χ3n) is 3.18. The van der Waals surface area contributed by atoms with Crippen LogP contribution in [0.3, 0.4) is 0 Å². The highest BCUT2D eigenvalue weighted by molar-refractivity contribution is 6.30. The number of carbonyl (C=O) groups is 1. The van der Waals surface area contributed by atoms with E-state index in [1.807, 2.05) is 0 Å². The molecule has 0 spiro atoms. The van der Waals surface area contributed by atoms with Crippen LogP contribution in [0.2, 0.25) is 5.02 Å². The highest BCUT2D eigenvalue weighted by Crippen LogP contribution is 2.10. The van der Waals surface area contributed by atoms with E-state index in [0.717, 1.165) is 19.6 Å². The van der Waals surface area contributed by atoms with E-state index in [1.165, 1.54) is 6.20 Å². The van der Waals surface area contributed by atoms with Crippen LogP contribution in [0.25, 0.3) is 0 Å². The van der Waals surface area contributed by atoms with Gasteiger partial charge in [-0.2, -0.15) is 0 Å². The zero-order valence-corrected chi connectivity index (χ0v) is 13.2. The normalized spacial score (nSPS) is 19.7. The number of pyridine rings is 1. The van der Waals surface area contributed by atoms with Gasteiger partial charge in [0.2, 0.25) is 0 Å². The standard InChI is InChI=1S/C15H21ClN2O3/c1-11(2)8-18-5-6-20-13(9-18)10-21-15(19)14-4-3-12(16)7-17-14/h3-4,7,11,13H,5-6,8-10H2,1-2H3/t13-/m1/s1. The Morgan fingerprint density at radius 1 is 1.57 bits per heavy atom. The molecule has 1 aromatic rings. The molecule has 0 bridgehead atoms. The summed E-state index contributed by atoms with van der Waals surface area (Å²) in [5.74, 6) is 0.167. The first kappa shape index (κ1) is 16.2. The van der Waals surface area contributed by atoms with Crippen molar-refractivity contribution in [2.75, 3.05) is 32.8 Å². The molecule has 2 heterocycles. The number of carbonyl (C=O) groups excluding carboxylic acids is 1. The second-order valence-corrected chi connectivity index (χ2v) is 6.04. The van der Waals surface area contributed by atoms with Crippen molar-refractivity contribution in [3.05, 3.63) is 29.0 Å². The first-order valence-electron chi connectivity index (χ1n) is 7.17. The number of morpholine rings is 1. The van der Waals surface area contributed by atoms with Crippen molar-refractivity contribution in [1.29, 1.82) is 0 Å². The molecule has 2 rings (SSSR count). The van der Waals surface area contributed by atoms with Crippen LogP contribution >= 0.6 is 11.6 Å². The van der Waals surface area contributed by atoms with Crippen LogP contribution in [-0.4, -0.2) is 54.8 Å².